The maximum absolute atomic E-state index is 11.5. The van der Waals surface area contributed by atoms with Gasteiger partial charge in [-0.05, 0) is 24.3 Å². The molecule has 2 rings (SSSR count). The summed E-state index contributed by atoms with van der Waals surface area (Å²) in [6.07, 6.45) is -5.55. The second-order valence-corrected chi connectivity index (χ2v) is 7.92. The van der Waals surface area contributed by atoms with Crippen molar-refractivity contribution < 1.29 is 79.2 Å². The van der Waals surface area contributed by atoms with Gasteiger partial charge in [-0.25, -0.2) is 0 Å². The third kappa shape index (κ3) is 11.0. The van der Waals surface area contributed by atoms with Crippen molar-refractivity contribution in [3.8, 4) is 17.6 Å². The first-order valence-corrected chi connectivity index (χ1v) is 11.7. The largest absolute Gasteiger partial charge is 3.00 e. The zero-order chi connectivity index (χ0) is 25.1. The molecule has 0 aliphatic carbocycles. The molecule has 1 saturated heterocycles. The normalized spacial score (nSPS) is 14.6. The molecule has 4 amide bonds. The number of nitrogens with zero attached hydrogens (tertiary/aromatic N) is 3. The molecule has 1 aromatic carbocycles. The van der Waals surface area contributed by atoms with E-state index in [2.05, 4.69) is 17.2 Å². The van der Waals surface area contributed by atoms with E-state index < -0.39 is 24.4 Å². The van der Waals surface area contributed by atoms with Crippen LogP contribution in [-0.4, -0.2) is 95.2 Å². The standard InChI is InChI=1S/C21H25IN4O8.Gd/c22-12-18(27)23-7-1-2-15-3-5-16(6-4-15)34-17-13-25(20(30)31)10-8-24(19(28)29)9-11-26(14-17)21(32)33;/h3-6,17H,7-14H2,(H,23,27)(H,28,29)(H,30,31)(H,32,33);/q;+3/p-3. The Labute approximate surface area is 247 Å². The Morgan fingerprint density at radius 2 is 1.40 bits per heavy atom. The molecule has 0 spiro atoms. The first kappa shape index (κ1) is 30.9. The molecule has 1 aromatic rings. The maximum Gasteiger partial charge on any atom is 3.00 e. The number of rotatable bonds is 4. The van der Waals surface area contributed by atoms with E-state index in [0.717, 1.165) is 14.7 Å². The molecule has 1 aliphatic heterocycles. The fourth-order valence-electron chi connectivity index (χ4n) is 3.06. The van der Waals surface area contributed by atoms with Crippen LogP contribution in [0.5, 0.6) is 5.75 Å². The van der Waals surface area contributed by atoms with Crippen molar-refractivity contribution in [2.75, 3.05) is 50.2 Å². The Balaban J connectivity index is 0.00000612. The molecule has 35 heavy (non-hydrogen) atoms. The number of halogens is 1. The summed E-state index contributed by atoms with van der Waals surface area (Å²) < 4.78 is 6.17. The molecule has 0 unspecified atom stereocenters. The van der Waals surface area contributed by atoms with Crippen molar-refractivity contribution in [3.63, 3.8) is 0 Å². The Kier molecular flexibility index (Phi) is 14.0. The average Bonchev–Trinajstić information content (AvgIpc) is 2.80. The molecule has 0 bridgehead atoms. The van der Waals surface area contributed by atoms with Crippen molar-refractivity contribution in [1.29, 1.82) is 0 Å². The van der Waals surface area contributed by atoms with Crippen LogP contribution in [0.4, 0.5) is 14.4 Å². The van der Waals surface area contributed by atoms with Crippen LogP contribution in [0.3, 0.4) is 0 Å². The molecule has 0 atom stereocenters. The van der Waals surface area contributed by atoms with Gasteiger partial charge in [0.25, 0.3) is 0 Å². The van der Waals surface area contributed by atoms with Gasteiger partial charge in [0.15, 0.2) is 0 Å². The number of hydrogen-bond donors (Lipinski definition) is 1. The number of carbonyl (C=O) groups is 4. The van der Waals surface area contributed by atoms with Gasteiger partial charge in [-0.1, -0.05) is 34.4 Å². The minimum Gasteiger partial charge on any atom is -0.530 e. The van der Waals surface area contributed by atoms with Gasteiger partial charge >= 0.3 is 39.9 Å². The van der Waals surface area contributed by atoms with Crippen LogP contribution in [-0.2, 0) is 4.79 Å². The Morgan fingerprint density at radius 1 is 0.914 bits per heavy atom. The summed E-state index contributed by atoms with van der Waals surface area (Å²) in [5.41, 5.74) is 0.650. The molecule has 1 radical (unpaired) electrons. The molecular formula is C21H22GdIN4O8. The van der Waals surface area contributed by atoms with Crippen LogP contribution in [0.15, 0.2) is 24.3 Å². The van der Waals surface area contributed by atoms with Crippen LogP contribution in [0.1, 0.15) is 5.56 Å². The summed E-state index contributed by atoms with van der Waals surface area (Å²) in [7, 11) is 0. The number of carboxylic acid groups (broad SMARTS) is 3. The second kappa shape index (κ2) is 15.8. The Hall–Kier alpha value is -2.09. The second-order valence-electron chi connectivity index (χ2n) is 7.15. The van der Waals surface area contributed by atoms with E-state index in [-0.39, 0.29) is 91.7 Å². The fourth-order valence-corrected chi connectivity index (χ4v) is 3.33. The van der Waals surface area contributed by atoms with Gasteiger partial charge in [-0.15, -0.1) is 0 Å². The molecule has 12 nitrogen and oxygen atoms in total. The molecular weight excluding hydrogens is 720 g/mol. The van der Waals surface area contributed by atoms with Crippen LogP contribution < -0.4 is 25.4 Å². The summed E-state index contributed by atoms with van der Waals surface area (Å²) in [5.74, 6) is 5.92. The molecule has 0 saturated carbocycles. The summed E-state index contributed by atoms with van der Waals surface area (Å²) in [4.78, 5) is 48.0. The van der Waals surface area contributed by atoms with Crippen molar-refractivity contribution in [1.82, 2.24) is 20.0 Å². The van der Waals surface area contributed by atoms with Crippen LogP contribution >= 0.6 is 22.6 Å². The maximum atomic E-state index is 11.5. The van der Waals surface area contributed by atoms with Crippen LogP contribution in [0.25, 0.3) is 0 Å². The minimum atomic E-state index is -1.55. The third-order valence-electron chi connectivity index (χ3n) is 4.79. The van der Waals surface area contributed by atoms with Crippen molar-refractivity contribution >= 4 is 46.8 Å². The van der Waals surface area contributed by atoms with Crippen molar-refractivity contribution in [2.45, 2.75) is 6.10 Å². The summed E-state index contributed by atoms with van der Waals surface area (Å²) in [5, 5.41) is 36.9. The van der Waals surface area contributed by atoms with E-state index in [1.807, 2.05) is 22.6 Å². The summed E-state index contributed by atoms with van der Waals surface area (Å²) >= 11 is 1.94. The third-order valence-corrected chi connectivity index (χ3v) is 5.48. The molecule has 1 heterocycles. The van der Waals surface area contributed by atoms with E-state index >= 15 is 0 Å². The van der Waals surface area contributed by atoms with E-state index in [1.165, 1.54) is 0 Å². The number of ether oxygens (including phenoxy) is 1. The molecule has 0 aromatic heterocycles. The quantitative estimate of drug-likeness (QED) is 0.198. The summed E-state index contributed by atoms with van der Waals surface area (Å²) in [6.45, 7) is -1.12. The predicted octanol–water partition coefficient (Wildman–Crippen LogP) is -2.71. The Bertz CT molecular complexity index is 925. The molecule has 1 fully saturated rings. The van der Waals surface area contributed by atoms with Crippen molar-refractivity contribution in [2.24, 2.45) is 0 Å². The predicted molar refractivity (Wildman–Crippen MR) is 121 cm³/mol. The van der Waals surface area contributed by atoms with Gasteiger partial charge in [0.05, 0.1) is 24.1 Å². The smallest absolute Gasteiger partial charge is 0.530 e. The van der Waals surface area contributed by atoms with E-state index in [0.29, 0.717) is 15.7 Å². The number of carbonyl (C=O) groups excluding carboxylic acids is 4. The van der Waals surface area contributed by atoms with Crippen LogP contribution in [0, 0.1) is 51.8 Å². The number of amides is 4. The number of benzene rings is 1. The molecule has 14 heteroatoms. The average molecular weight is 743 g/mol. The van der Waals surface area contributed by atoms with Gasteiger partial charge in [-0.2, -0.15) is 0 Å². The first-order valence-electron chi connectivity index (χ1n) is 10.2. The number of nitrogens with one attached hydrogen (secondary N) is 1. The SMILES string of the molecule is O=C(CI)NCC#Cc1ccc(OC2CN(C(=O)[O-])CCN(C(=O)[O-])CCN(C(=O)[O-])C2)cc1.[Gd+3]. The zero-order valence-corrected chi connectivity index (χ0v) is 22.8. The molecule has 189 valence electrons. The zero-order valence-electron chi connectivity index (χ0n) is 18.4. The molecule has 1 N–H and O–H groups in total. The number of hydrogen-bond acceptors (Lipinski definition) is 8. The van der Waals surface area contributed by atoms with Gasteiger partial charge in [-0.3, -0.25) is 4.79 Å². The Morgan fingerprint density at radius 3 is 1.86 bits per heavy atom. The van der Waals surface area contributed by atoms with Gasteiger partial charge in [0, 0.05) is 31.7 Å². The topological polar surface area (TPSA) is 168 Å². The van der Waals surface area contributed by atoms with Gasteiger partial charge in [0.1, 0.15) is 30.1 Å². The minimum absolute atomic E-state index is 0. The van der Waals surface area contributed by atoms with Crippen LogP contribution in [0.2, 0.25) is 0 Å². The summed E-state index contributed by atoms with van der Waals surface area (Å²) in [6, 6.07) is 6.51. The van der Waals surface area contributed by atoms with E-state index in [1.54, 1.807) is 24.3 Å². The molecule has 1 aliphatic rings. The fraction of sp³-hybridized carbons (Fsp3) is 0.429. The number of alkyl halides is 1. The van der Waals surface area contributed by atoms with Gasteiger partial charge in [0.2, 0.25) is 5.91 Å². The first-order chi connectivity index (χ1) is 16.2. The monoisotopic (exact) mass is 743 g/mol. The van der Waals surface area contributed by atoms with E-state index in [9.17, 15) is 34.5 Å². The van der Waals surface area contributed by atoms with Crippen molar-refractivity contribution in [3.05, 3.63) is 29.8 Å². The van der Waals surface area contributed by atoms with E-state index in [4.69, 9.17) is 4.74 Å². The van der Waals surface area contributed by atoms with Gasteiger partial charge < -0.3 is 54.5 Å².